The summed E-state index contributed by atoms with van der Waals surface area (Å²) in [7, 11) is 0. The third kappa shape index (κ3) is 3.97. The molecule has 1 amide bonds. The predicted molar refractivity (Wildman–Crippen MR) is 111 cm³/mol. The van der Waals surface area contributed by atoms with Gasteiger partial charge in [0.2, 0.25) is 5.91 Å². The highest BCUT2D eigenvalue weighted by Crippen LogP contribution is 2.34. The van der Waals surface area contributed by atoms with E-state index in [9.17, 15) is 9.59 Å². The number of hydrogen-bond acceptors (Lipinski definition) is 7. The highest BCUT2D eigenvalue weighted by Gasteiger charge is 2.28. The number of amides is 1. The molecule has 1 aliphatic rings. The van der Waals surface area contributed by atoms with Crippen LogP contribution in [0.25, 0.3) is 10.2 Å². The van der Waals surface area contributed by atoms with Gasteiger partial charge in [0.05, 0.1) is 12.0 Å². The summed E-state index contributed by atoms with van der Waals surface area (Å²) in [6, 6.07) is -0.153. The van der Waals surface area contributed by atoms with Crippen LogP contribution in [0.3, 0.4) is 0 Å². The second-order valence-electron chi connectivity index (χ2n) is 7.32. The number of rotatable bonds is 5. The van der Waals surface area contributed by atoms with Crippen LogP contribution in [-0.2, 0) is 9.53 Å². The molecule has 7 nitrogen and oxygen atoms in total. The van der Waals surface area contributed by atoms with Crippen molar-refractivity contribution in [2.75, 3.05) is 18.5 Å². The zero-order valence-corrected chi connectivity index (χ0v) is 18.0. The smallest absolute Gasteiger partial charge is 0.348 e. The fourth-order valence-electron chi connectivity index (χ4n) is 3.68. The van der Waals surface area contributed by atoms with Crippen molar-refractivity contribution in [1.82, 2.24) is 14.9 Å². The Morgan fingerprint density at radius 1 is 1.32 bits per heavy atom. The van der Waals surface area contributed by atoms with Crippen LogP contribution in [0, 0.1) is 13.8 Å². The quantitative estimate of drug-likeness (QED) is 0.765. The Balaban J connectivity index is 1.91. The largest absolute Gasteiger partial charge is 0.462 e. The first kappa shape index (κ1) is 20.5. The molecule has 0 spiro atoms. The van der Waals surface area contributed by atoms with Crippen molar-refractivity contribution in [2.45, 2.75) is 66.0 Å². The molecule has 2 atom stereocenters. The maximum absolute atomic E-state index is 13.0. The Morgan fingerprint density at radius 2 is 2.07 bits per heavy atom. The molecule has 1 saturated heterocycles. The van der Waals surface area contributed by atoms with Gasteiger partial charge >= 0.3 is 5.97 Å². The van der Waals surface area contributed by atoms with E-state index in [1.165, 1.54) is 17.8 Å². The lowest BCUT2D eigenvalue weighted by atomic mass is 10.0. The van der Waals surface area contributed by atoms with Crippen molar-refractivity contribution in [3.05, 3.63) is 16.3 Å². The molecule has 8 heteroatoms. The van der Waals surface area contributed by atoms with E-state index in [1.54, 1.807) is 6.92 Å². The number of fused-ring (bicyclic) bond motifs is 1. The number of hydrogen-bond donors (Lipinski definition) is 1. The summed E-state index contributed by atoms with van der Waals surface area (Å²) in [4.78, 5) is 37.4. The number of aryl methyl sites for hydroxylation is 2. The van der Waals surface area contributed by atoms with E-state index < -0.39 is 6.04 Å². The number of likely N-dealkylation sites (tertiary alicyclic amines) is 1. The molecule has 2 unspecified atom stereocenters. The molecular weight excluding hydrogens is 376 g/mol. The van der Waals surface area contributed by atoms with E-state index in [4.69, 9.17) is 4.74 Å². The van der Waals surface area contributed by atoms with Gasteiger partial charge in [0, 0.05) is 12.6 Å². The molecule has 2 aromatic rings. The standard InChI is InChI=1S/C20H28N4O3S/c1-6-27-20(26)16-12(3)15-17(22-14(5)23-18(15)28-16)21-13(4)19(25)24-10-8-7-9-11(24)2/h11,13H,6-10H2,1-5H3,(H,21,22,23). The molecule has 152 valence electrons. The van der Waals surface area contributed by atoms with Crippen molar-refractivity contribution in [3.63, 3.8) is 0 Å². The van der Waals surface area contributed by atoms with Gasteiger partial charge < -0.3 is 15.0 Å². The van der Waals surface area contributed by atoms with Crippen LogP contribution >= 0.6 is 11.3 Å². The second-order valence-corrected chi connectivity index (χ2v) is 8.32. The van der Waals surface area contributed by atoms with E-state index in [1.807, 2.05) is 25.7 Å². The van der Waals surface area contributed by atoms with Gasteiger partial charge in [-0.25, -0.2) is 14.8 Å². The van der Waals surface area contributed by atoms with E-state index in [0.29, 0.717) is 23.1 Å². The lowest BCUT2D eigenvalue weighted by molar-refractivity contribution is -0.134. The third-order valence-electron chi connectivity index (χ3n) is 5.17. The first-order valence-electron chi connectivity index (χ1n) is 9.85. The van der Waals surface area contributed by atoms with Crippen LogP contribution in [0.2, 0.25) is 0 Å². The van der Waals surface area contributed by atoms with Crippen LogP contribution in [-0.4, -0.2) is 52.0 Å². The van der Waals surface area contributed by atoms with Gasteiger partial charge in [-0.3, -0.25) is 4.79 Å². The summed E-state index contributed by atoms with van der Waals surface area (Å²) in [6.07, 6.45) is 3.26. The van der Waals surface area contributed by atoms with Gasteiger partial charge in [-0.2, -0.15) is 0 Å². The maximum atomic E-state index is 13.0. The maximum Gasteiger partial charge on any atom is 0.348 e. The van der Waals surface area contributed by atoms with E-state index >= 15 is 0 Å². The van der Waals surface area contributed by atoms with Crippen molar-refractivity contribution in [2.24, 2.45) is 0 Å². The minimum atomic E-state index is -0.414. The minimum Gasteiger partial charge on any atom is -0.462 e. The lowest BCUT2D eigenvalue weighted by Crippen LogP contribution is -2.48. The van der Waals surface area contributed by atoms with Crippen LogP contribution < -0.4 is 5.32 Å². The van der Waals surface area contributed by atoms with E-state index in [2.05, 4.69) is 22.2 Å². The first-order chi connectivity index (χ1) is 13.3. The van der Waals surface area contributed by atoms with Crippen LogP contribution in [0.15, 0.2) is 0 Å². The normalized spacial score (nSPS) is 18.2. The monoisotopic (exact) mass is 404 g/mol. The average Bonchev–Trinajstić information content (AvgIpc) is 2.98. The van der Waals surface area contributed by atoms with Gasteiger partial charge in [0.25, 0.3) is 0 Å². The molecule has 2 aromatic heterocycles. The number of carbonyl (C=O) groups excluding carboxylic acids is 2. The zero-order chi connectivity index (χ0) is 20.4. The first-order valence-corrected chi connectivity index (χ1v) is 10.7. The number of esters is 1. The van der Waals surface area contributed by atoms with Crippen molar-refractivity contribution >= 4 is 39.2 Å². The number of ether oxygens (including phenoxy) is 1. The number of aromatic nitrogens is 2. The molecule has 0 aliphatic carbocycles. The highest BCUT2D eigenvalue weighted by atomic mass is 32.1. The van der Waals surface area contributed by atoms with Gasteiger partial charge in [0.15, 0.2) is 0 Å². The van der Waals surface area contributed by atoms with Crippen LogP contribution in [0.5, 0.6) is 0 Å². The Morgan fingerprint density at radius 3 is 2.75 bits per heavy atom. The fourth-order valence-corrected chi connectivity index (χ4v) is 4.80. The molecule has 3 rings (SSSR count). The number of thiophene rings is 1. The van der Waals surface area contributed by atoms with Crippen molar-refractivity contribution < 1.29 is 14.3 Å². The topological polar surface area (TPSA) is 84.4 Å². The van der Waals surface area contributed by atoms with Crippen molar-refractivity contribution in [1.29, 1.82) is 0 Å². The van der Waals surface area contributed by atoms with Gasteiger partial charge in [-0.1, -0.05) is 0 Å². The number of nitrogens with zero attached hydrogens (tertiary/aromatic N) is 3. The molecule has 0 radical (unpaired) electrons. The predicted octanol–water partition coefficient (Wildman–Crippen LogP) is 3.69. The number of nitrogens with one attached hydrogen (secondary N) is 1. The van der Waals surface area contributed by atoms with Crippen LogP contribution in [0.4, 0.5) is 5.82 Å². The fraction of sp³-hybridized carbons (Fsp3) is 0.600. The molecule has 3 heterocycles. The second kappa shape index (κ2) is 8.43. The van der Waals surface area contributed by atoms with E-state index in [-0.39, 0.29) is 17.9 Å². The molecule has 0 aromatic carbocycles. The SMILES string of the molecule is CCOC(=O)c1sc2nc(C)nc(NC(C)C(=O)N3CCCCC3C)c2c1C. The Labute approximate surface area is 169 Å². The summed E-state index contributed by atoms with van der Waals surface area (Å²) in [6.45, 7) is 10.5. The zero-order valence-electron chi connectivity index (χ0n) is 17.2. The Kier molecular flexibility index (Phi) is 6.17. The summed E-state index contributed by atoms with van der Waals surface area (Å²) in [5.41, 5.74) is 0.784. The molecule has 1 N–H and O–H groups in total. The summed E-state index contributed by atoms with van der Waals surface area (Å²) < 4.78 is 5.16. The number of carbonyl (C=O) groups is 2. The summed E-state index contributed by atoms with van der Waals surface area (Å²) in [5, 5.41) is 4.06. The molecule has 28 heavy (non-hydrogen) atoms. The van der Waals surface area contributed by atoms with Crippen LogP contribution in [0.1, 0.15) is 61.1 Å². The summed E-state index contributed by atoms with van der Waals surface area (Å²) >= 11 is 1.30. The van der Waals surface area contributed by atoms with Gasteiger partial charge in [-0.05, 0) is 59.4 Å². The van der Waals surface area contributed by atoms with Gasteiger partial charge in [0.1, 0.15) is 27.4 Å². The van der Waals surface area contributed by atoms with Gasteiger partial charge in [-0.15, -0.1) is 11.3 Å². The molecular formula is C20H28N4O3S. The molecule has 0 bridgehead atoms. The molecule has 1 fully saturated rings. The van der Waals surface area contributed by atoms with E-state index in [0.717, 1.165) is 35.2 Å². The highest BCUT2D eigenvalue weighted by molar-refractivity contribution is 7.20. The Hall–Kier alpha value is -2.22. The Bertz CT molecular complexity index is 895. The molecule has 0 saturated carbocycles. The molecule has 1 aliphatic heterocycles. The number of anilines is 1. The minimum absolute atomic E-state index is 0.0788. The van der Waals surface area contributed by atoms with Crippen molar-refractivity contribution in [3.8, 4) is 0 Å². The third-order valence-corrected chi connectivity index (χ3v) is 6.34. The number of piperidine rings is 1. The summed E-state index contributed by atoms with van der Waals surface area (Å²) in [5.74, 6) is 0.919. The average molecular weight is 405 g/mol. The lowest BCUT2D eigenvalue weighted by Gasteiger charge is -2.35.